The van der Waals surface area contributed by atoms with Gasteiger partial charge in [0.05, 0.1) is 12.7 Å². The Bertz CT molecular complexity index is 948. The van der Waals surface area contributed by atoms with Gasteiger partial charge in [0.2, 0.25) is 0 Å². The Morgan fingerprint density at radius 2 is 1.90 bits per heavy atom. The van der Waals surface area contributed by atoms with E-state index in [0.717, 1.165) is 38.7 Å². The number of carbonyl (C=O) groups is 2. The van der Waals surface area contributed by atoms with Crippen LogP contribution in [0.1, 0.15) is 59.8 Å². The number of ketones is 2. The van der Waals surface area contributed by atoms with E-state index in [9.17, 15) is 9.59 Å². The van der Waals surface area contributed by atoms with Crippen LogP contribution in [0.25, 0.3) is 0 Å². The normalized spacial score (nSPS) is 52.9. The molecule has 2 saturated heterocycles. The third kappa shape index (κ3) is 2.44. The molecule has 166 valence electrons. The van der Waals surface area contributed by atoms with E-state index in [2.05, 4.69) is 27.7 Å². The van der Waals surface area contributed by atoms with Crippen molar-refractivity contribution in [2.45, 2.75) is 71.7 Å². The molecule has 4 aliphatic carbocycles. The van der Waals surface area contributed by atoms with Crippen LogP contribution in [0.15, 0.2) is 35.5 Å². The van der Waals surface area contributed by atoms with Gasteiger partial charge in [-0.1, -0.05) is 32.4 Å². The summed E-state index contributed by atoms with van der Waals surface area (Å²) in [4.78, 5) is 25.8. The quantitative estimate of drug-likeness (QED) is 0.563. The SMILES string of the molecule is C[C@@H]1CC[C@@]2(OC1)O[C@H]1C[C@H]3[C@@H]4CCC5=CC(=O)C=C[C@]5(C)C4=CC(=O)[C@]3(C)[C@H]1[C@@H]2C. The van der Waals surface area contributed by atoms with Gasteiger partial charge in [-0.25, -0.2) is 0 Å². The first-order valence-corrected chi connectivity index (χ1v) is 12.2. The van der Waals surface area contributed by atoms with Crippen LogP contribution in [0, 0.1) is 40.4 Å². The summed E-state index contributed by atoms with van der Waals surface area (Å²) >= 11 is 0. The smallest absolute Gasteiger partial charge is 0.178 e. The van der Waals surface area contributed by atoms with Crippen LogP contribution in [-0.2, 0) is 19.1 Å². The molecule has 0 aromatic carbocycles. The fourth-order valence-electron chi connectivity index (χ4n) is 8.30. The van der Waals surface area contributed by atoms with E-state index in [1.54, 1.807) is 12.2 Å². The number of fused-ring (bicyclic) bond motifs is 7. The minimum absolute atomic E-state index is 0.0724. The van der Waals surface area contributed by atoms with Gasteiger partial charge in [-0.05, 0) is 74.2 Å². The van der Waals surface area contributed by atoms with E-state index >= 15 is 0 Å². The molecule has 0 amide bonds. The van der Waals surface area contributed by atoms with Gasteiger partial charge in [-0.3, -0.25) is 9.59 Å². The highest BCUT2D eigenvalue weighted by atomic mass is 16.7. The Balaban J connectivity index is 1.38. The molecule has 4 heteroatoms. The number of allylic oxidation sites excluding steroid dienone is 6. The molecular weight excluding hydrogens is 388 g/mol. The summed E-state index contributed by atoms with van der Waals surface area (Å²) in [5, 5.41) is 0. The second kappa shape index (κ2) is 6.29. The molecule has 4 nitrogen and oxygen atoms in total. The third-order valence-electron chi connectivity index (χ3n) is 10.1. The van der Waals surface area contributed by atoms with E-state index < -0.39 is 5.79 Å². The van der Waals surface area contributed by atoms with E-state index in [1.165, 1.54) is 11.1 Å². The Labute approximate surface area is 185 Å². The average Bonchev–Trinajstić information content (AvgIpc) is 3.18. The number of carbonyl (C=O) groups excluding carboxylic acids is 2. The molecule has 2 aliphatic heterocycles. The van der Waals surface area contributed by atoms with Crippen molar-refractivity contribution in [3.8, 4) is 0 Å². The lowest BCUT2D eigenvalue weighted by atomic mass is 9.51. The van der Waals surface area contributed by atoms with Gasteiger partial charge < -0.3 is 9.47 Å². The first-order chi connectivity index (χ1) is 14.7. The molecule has 9 atom stereocenters. The summed E-state index contributed by atoms with van der Waals surface area (Å²) < 4.78 is 13.1. The Morgan fingerprint density at radius 1 is 1.10 bits per heavy atom. The first kappa shape index (κ1) is 20.1. The average molecular weight is 423 g/mol. The molecule has 1 spiro atoms. The van der Waals surface area contributed by atoms with E-state index in [0.29, 0.717) is 17.8 Å². The zero-order valence-electron chi connectivity index (χ0n) is 19.1. The summed E-state index contributed by atoms with van der Waals surface area (Å²) in [5.41, 5.74) is 1.72. The van der Waals surface area contributed by atoms with Crippen molar-refractivity contribution in [3.63, 3.8) is 0 Å². The second-order valence-corrected chi connectivity index (χ2v) is 11.6. The van der Waals surface area contributed by atoms with Crippen molar-refractivity contribution in [1.82, 2.24) is 0 Å². The van der Waals surface area contributed by atoms with Crippen LogP contribution < -0.4 is 0 Å². The summed E-state index contributed by atoms with van der Waals surface area (Å²) in [5.74, 6) is 1.54. The number of hydrogen-bond acceptors (Lipinski definition) is 4. The molecule has 2 saturated carbocycles. The van der Waals surface area contributed by atoms with E-state index in [4.69, 9.17) is 9.47 Å². The molecule has 0 aromatic rings. The zero-order chi connectivity index (χ0) is 21.8. The summed E-state index contributed by atoms with van der Waals surface area (Å²) in [6, 6.07) is 0. The van der Waals surface area contributed by atoms with Gasteiger partial charge in [0.25, 0.3) is 0 Å². The standard InChI is InChI=1S/C27H34O4/c1-15-7-10-27(30-14-15)16(2)24-22(31-27)12-21-19-6-5-17-11-18(28)8-9-25(17,3)20(19)13-23(29)26(21,24)4/h8-9,11,13,15-16,19,21-22,24H,5-7,10,12,14H2,1-4H3/t15-,16+,19-,21+,22+,24+,25+,26-,27-/m1/s1. The topological polar surface area (TPSA) is 52.6 Å². The Morgan fingerprint density at radius 3 is 2.65 bits per heavy atom. The molecule has 4 fully saturated rings. The molecule has 2 heterocycles. The largest absolute Gasteiger partial charge is 0.349 e. The summed E-state index contributed by atoms with van der Waals surface area (Å²) in [6.07, 6.45) is 12.6. The fraction of sp³-hybridized carbons (Fsp3) is 0.704. The number of hydrogen-bond donors (Lipinski definition) is 0. The minimum Gasteiger partial charge on any atom is -0.349 e. The monoisotopic (exact) mass is 422 g/mol. The fourth-order valence-corrected chi connectivity index (χ4v) is 8.30. The summed E-state index contributed by atoms with van der Waals surface area (Å²) in [7, 11) is 0. The van der Waals surface area contributed by atoms with Crippen molar-refractivity contribution in [3.05, 3.63) is 35.5 Å². The van der Waals surface area contributed by atoms with Gasteiger partial charge in [-0.15, -0.1) is 0 Å². The van der Waals surface area contributed by atoms with Crippen LogP contribution in [0.3, 0.4) is 0 Å². The van der Waals surface area contributed by atoms with Gasteiger partial charge in [0.1, 0.15) is 0 Å². The molecule has 6 rings (SSSR count). The molecule has 6 aliphatic rings. The maximum Gasteiger partial charge on any atom is 0.178 e. The van der Waals surface area contributed by atoms with Crippen molar-refractivity contribution in [2.24, 2.45) is 40.4 Å². The lowest BCUT2D eigenvalue weighted by molar-refractivity contribution is -0.271. The predicted octanol–water partition coefficient (Wildman–Crippen LogP) is 4.80. The van der Waals surface area contributed by atoms with Crippen LogP contribution >= 0.6 is 0 Å². The third-order valence-corrected chi connectivity index (χ3v) is 10.1. The highest BCUT2D eigenvalue weighted by Crippen LogP contribution is 2.68. The summed E-state index contributed by atoms with van der Waals surface area (Å²) in [6.45, 7) is 9.66. The van der Waals surface area contributed by atoms with Gasteiger partial charge in [-0.2, -0.15) is 0 Å². The Hall–Kier alpha value is -1.52. The van der Waals surface area contributed by atoms with Gasteiger partial charge in [0.15, 0.2) is 17.4 Å². The zero-order valence-corrected chi connectivity index (χ0v) is 19.1. The molecule has 0 bridgehead atoms. The lowest BCUT2D eigenvalue weighted by Crippen LogP contribution is -2.52. The number of ether oxygens (including phenoxy) is 2. The lowest BCUT2D eigenvalue weighted by Gasteiger charge is -2.52. The van der Waals surface area contributed by atoms with Gasteiger partial charge >= 0.3 is 0 Å². The van der Waals surface area contributed by atoms with Crippen LogP contribution in [0.2, 0.25) is 0 Å². The molecule has 0 N–H and O–H groups in total. The van der Waals surface area contributed by atoms with Crippen molar-refractivity contribution in [1.29, 1.82) is 0 Å². The molecule has 31 heavy (non-hydrogen) atoms. The Kier molecular flexibility index (Phi) is 4.08. The first-order valence-electron chi connectivity index (χ1n) is 12.2. The highest BCUT2D eigenvalue weighted by molar-refractivity contribution is 6.02. The van der Waals surface area contributed by atoms with E-state index in [-0.39, 0.29) is 40.3 Å². The second-order valence-electron chi connectivity index (χ2n) is 11.6. The molecule has 0 radical (unpaired) electrons. The van der Waals surface area contributed by atoms with Crippen molar-refractivity contribution in [2.75, 3.05) is 6.61 Å². The van der Waals surface area contributed by atoms with Crippen LogP contribution in [0.5, 0.6) is 0 Å². The van der Waals surface area contributed by atoms with Gasteiger partial charge in [0, 0.05) is 29.1 Å². The minimum atomic E-state index is -0.499. The van der Waals surface area contributed by atoms with Crippen molar-refractivity contribution >= 4 is 11.6 Å². The van der Waals surface area contributed by atoms with E-state index in [1.807, 2.05) is 12.2 Å². The van der Waals surface area contributed by atoms with Crippen molar-refractivity contribution < 1.29 is 19.1 Å². The maximum absolute atomic E-state index is 13.9. The van der Waals surface area contributed by atoms with Crippen LogP contribution in [0.4, 0.5) is 0 Å². The maximum atomic E-state index is 13.9. The predicted molar refractivity (Wildman–Crippen MR) is 117 cm³/mol. The highest BCUT2D eigenvalue weighted by Gasteiger charge is 2.70. The van der Waals surface area contributed by atoms with Crippen LogP contribution in [-0.4, -0.2) is 30.1 Å². The number of rotatable bonds is 0. The molecular formula is C27H34O4. The molecule has 0 unspecified atom stereocenters. The molecule has 0 aromatic heterocycles.